The lowest BCUT2D eigenvalue weighted by molar-refractivity contribution is 0.381. The van der Waals surface area contributed by atoms with E-state index in [1.165, 1.54) is 5.69 Å². The largest absolute Gasteiger partial charge is 0.370 e. The first-order valence-electron chi connectivity index (χ1n) is 6.45. The van der Waals surface area contributed by atoms with Crippen LogP contribution >= 0.6 is 23.2 Å². The molecular weight excluding hydrogens is 295 g/mol. The SMILES string of the molecule is C=C(Cl)CN=C(N)N1CCN(c2ccc(Cl)cc2)CC1. The second kappa shape index (κ2) is 6.86. The van der Waals surface area contributed by atoms with Crippen molar-refractivity contribution in [2.24, 2.45) is 10.7 Å². The van der Waals surface area contributed by atoms with Gasteiger partial charge in [0.25, 0.3) is 0 Å². The van der Waals surface area contributed by atoms with Crippen molar-refractivity contribution >= 4 is 34.8 Å². The molecule has 0 bridgehead atoms. The molecule has 0 aliphatic carbocycles. The van der Waals surface area contributed by atoms with Gasteiger partial charge in [-0.2, -0.15) is 0 Å². The third-order valence-electron chi connectivity index (χ3n) is 3.21. The Bertz CT molecular complexity index is 490. The van der Waals surface area contributed by atoms with Gasteiger partial charge < -0.3 is 15.5 Å². The van der Waals surface area contributed by atoms with E-state index in [4.69, 9.17) is 28.9 Å². The summed E-state index contributed by atoms with van der Waals surface area (Å²) >= 11 is 11.6. The second-order valence-corrected chi connectivity index (χ2v) is 5.61. The Morgan fingerprint density at radius 2 is 1.80 bits per heavy atom. The Morgan fingerprint density at radius 3 is 2.35 bits per heavy atom. The Labute approximate surface area is 129 Å². The van der Waals surface area contributed by atoms with Gasteiger partial charge in [0.05, 0.1) is 6.54 Å². The predicted molar refractivity (Wildman–Crippen MR) is 86.7 cm³/mol. The van der Waals surface area contributed by atoms with Crippen molar-refractivity contribution in [2.75, 3.05) is 37.6 Å². The Hall–Kier alpha value is -1.39. The molecule has 6 heteroatoms. The van der Waals surface area contributed by atoms with Crippen LogP contribution in [-0.4, -0.2) is 43.6 Å². The van der Waals surface area contributed by atoms with Crippen LogP contribution in [0.4, 0.5) is 5.69 Å². The number of hydrogen-bond donors (Lipinski definition) is 1. The van der Waals surface area contributed by atoms with Gasteiger partial charge in [0, 0.05) is 41.9 Å². The minimum Gasteiger partial charge on any atom is -0.370 e. The number of nitrogens with two attached hydrogens (primary N) is 1. The van der Waals surface area contributed by atoms with E-state index >= 15 is 0 Å². The normalized spacial score (nSPS) is 16.4. The Kier molecular flexibility index (Phi) is 5.15. The Balaban J connectivity index is 1.90. The number of halogens is 2. The Morgan fingerprint density at radius 1 is 1.20 bits per heavy atom. The summed E-state index contributed by atoms with van der Waals surface area (Å²) in [5.41, 5.74) is 7.12. The molecule has 1 aromatic carbocycles. The van der Waals surface area contributed by atoms with E-state index in [0.29, 0.717) is 17.5 Å². The molecule has 2 N–H and O–H groups in total. The summed E-state index contributed by atoms with van der Waals surface area (Å²) in [5, 5.41) is 1.25. The fourth-order valence-electron chi connectivity index (χ4n) is 2.11. The smallest absolute Gasteiger partial charge is 0.191 e. The zero-order valence-electron chi connectivity index (χ0n) is 11.2. The molecule has 4 nitrogen and oxygen atoms in total. The highest BCUT2D eigenvalue weighted by Gasteiger charge is 2.18. The van der Waals surface area contributed by atoms with Crippen molar-refractivity contribution in [1.82, 2.24) is 4.90 Å². The molecule has 0 radical (unpaired) electrons. The minimum atomic E-state index is 0.366. The maximum atomic E-state index is 5.94. The lowest BCUT2D eigenvalue weighted by Gasteiger charge is -2.36. The van der Waals surface area contributed by atoms with E-state index in [1.807, 2.05) is 24.3 Å². The zero-order chi connectivity index (χ0) is 14.5. The van der Waals surface area contributed by atoms with Crippen molar-refractivity contribution in [3.63, 3.8) is 0 Å². The van der Waals surface area contributed by atoms with Gasteiger partial charge in [0.15, 0.2) is 5.96 Å². The van der Waals surface area contributed by atoms with Crippen LogP contribution < -0.4 is 10.6 Å². The van der Waals surface area contributed by atoms with Crippen molar-refractivity contribution in [2.45, 2.75) is 0 Å². The molecular formula is C14H18Cl2N4. The van der Waals surface area contributed by atoms with Gasteiger partial charge in [-0.25, -0.2) is 4.99 Å². The first kappa shape index (κ1) is 15.0. The van der Waals surface area contributed by atoms with Crippen LogP contribution in [0.3, 0.4) is 0 Å². The molecule has 2 rings (SSSR count). The highest BCUT2D eigenvalue weighted by molar-refractivity contribution is 6.30. The minimum absolute atomic E-state index is 0.366. The molecule has 1 aromatic rings. The molecule has 1 heterocycles. The molecule has 0 spiro atoms. The number of guanidine groups is 1. The summed E-state index contributed by atoms with van der Waals surface area (Å²) in [6.07, 6.45) is 0. The van der Waals surface area contributed by atoms with E-state index < -0.39 is 0 Å². The van der Waals surface area contributed by atoms with E-state index in [2.05, 4.69) is 21.4 Å². The molecule has 0 amide bonds. The molecule has 108 valence electrons. The van der Waals surface area contributed by atoms with Gasteiger partial charge in [-0.05, 0) is 24.3 Å². The summed E-state index contributed by atoms with van der Waals surface area (Å²) < 4.78 is 0. The fraction of sp³-hybridized carbons (Fsp3) is 0.357. The van der Waals surface area contributed by atoms with Crippen LogP contribution in [0, 0.1) is 0 Å². The maximum absolute atomic E-state index is 5.94. The second-order valence-electron chi connectivity index (χ2n) is 4.64. The van der Waals surface area contributed by atoms with Crippen molar-refractivity contribution in [1.29, 1.82) is 0 Å². The number of piperazine rings is 1. The van der Waals surface area contributed by atoms with Crippen molar-refractivity contribution in [3.05, 3.63) is 40.9 Å². The summed E-state index contributed by atoms with van der Waals surface area (Å²) in [4.78, 5) is 8.58. The van der Waals surface area contributed by atoms with Crippen LogP contribution in [0.2, 0.25) is 5.02 Å². The number of nitrogens with zero attached hydrogens (tertiary/aromatic N) is 3. The van der Waals surface area contributed by atoms with Crippen LogP contribution in [0.15, 0.2) is 40.9 Å². The number of rotatable bonds is 3. The number of benzene rings is 1. The number of aliphatic imine (C=N–C) groups is 1. The molecule has 1 saturated heterocycles. The van der Waals surface area contributed by atoms with Gasteiger partial charge in [-0.3, -0.25) is 0 Å². The average molecular weight is 313 g/mol. The van der Waals surface area contributed by atoms with E-state index in [-0.39, 0.29) is 0 Å². The van der Waals surface area contributed by atoms with Crippen LogP contribution in [-0.2, 0) is 0 Å². The number of hydrogen-bond acceptors (Lipinski definition) is 2. The molecule has 1 aliphatic rings. The molecule has 20 heavy (non-hydrogen) atoms. The van der Waals surface area contributed by atoms with Crippen LogP contribution in [0.1, 0.15) is 0 Å². The molecule has 0 saturated carbocycles. The topological polar surface area (TPSA) is 44.9 Å². The zero-order valence-corrected chi connectivity index (χ0v) is 12.7. The molecule has 0 unspecified atom stereocenters. The van der Waals surface area contributed by atoms with Gasteiger partial charge in [0.2, 0.25) is 0 Å². The highest BCUT2D eigenvalue weighted by atomic mass is 35.5. The lowest BCUT2D eigenvalue weighted by Crippen LogP contribution is -2.51. The average Bonchev–Trinajstić information content (AvgIpc) is 2.46. The highest BCUT2D eigenvalue weighted by Crippen LogP contribution is 2.19. The van der Waals surface area contributed by atoms with Crippen LogP contribution in [0.5, 0.6) is 0 Å². The summed E-state index contributed by atoms with van der Waals surface area (Å²) in [6.45, 7) is 7.45. The van der Waals surface area contributed by atoms with Gasteiger partial charge in [0.1, 0.15) is 0 Å². The predicted octanol–water partition coefficient (Wildman–Crippen LogP) is 2.53. The first-order chi connectivity index (χ1) is 9.56. The van der Waals surface area contributed by atoms with Gasteiger partial charge >= 0.3 is 0 Å². The van der Waals surface area contributed by atoms with Crippen LogP contribution in [0.25, 0.3) is 0 Å². The summed E-state index contributed by atoms with van der Waals surface area (Å²) in [7, 11) is 0. The standard InChI is InChI=1S/C14H18Cl2N4/c1-11(15)10-18-14(17)20-8-6-19(7-9-20)13-4-2-12(16)3-5-13/h2-5H,1,6-10H2,(H2,17,18). The third kappa shape index (κ3) is 4.05. The van der Waals surface area contributed by atoms with Gasteiger partial charge in [-0.1, -0.05) is 29.8 Å². The van der Waals surface area contributed by atoms with Crippen molar-refractivity contribution < 1.29 is 0 Å². The number of anilines is 1. The quantitative estimate of drug-likeness (QED) is 0.689. The van der Waals surface area contributed by atoms with E-state index in [1.54, 1.807) is 0 Å². The molecule has 0 atom stereocenters. The summed E-state index contributed by atoms with van der Waals surface area (Å²) in [6, 6.07) is 7.89. The first-order valence-corrected chi connectivity index (χ1v) is 7.20. The molecule has 0 aromatic heterocycles. The fourth-order valence-corrected chi connectivity index (χ4v) is 2.30. The summed E-state index contributed by atoms with van der Waals surface area (Å²) in [5.74, 6) is 0.530. The van der Waals surface area contributed by atoms with E-state index in [9.17, 15) is 0 Å². The monoisotopic (exact) mass is 312 g/mol. The molecule has 1 aliphatic heterocycles. The van der Waals surface area contributed by atoms with E-state index in [0.717, 1.165) is 31.2 Å². The van der Waals surface area contributed by atoms with Gasteiger partial charge in [-0.15, -0.1) is 0 Å². The van der Waals surface area contributed by atoms with Crippen molar-refractivity contribution in [3.8, 4) is 0 Å². The lowest BCUT2D eigenvalue weighted by atomic mass is 10.2. The third-order valence-corrected chi connectivity index (χ3v) is 3.58. The molecule has 1 fully saturated rings. The maximum Gasteiger partial charge on any atom is 0.191 e.